The summed E-state index contributed by atoms with van der Waals surface area (Å²) in [7, 11) is 0. The van der Waals surface area contributed by atoms with Gasteiger partial charge in [-0.3, -0.25) is 0 Å². The maximum atomic E-state index is 3.54. The summed E-state index contributed by atoms with van der Waals surface area (Å²) in [6, 6.07) is 14.7. The van der Waals surface area contributed by atoms with Gasteiger partial charge in [0.15, 0.2) is 0 Å². The minimum Gasteiger partial charge on any atom is -0.360 e. The summed E-state index contributed by atoms with van der Waals surface area (Å²) >= 11 is 5.32. The van der Waals surface area contributed by atoms with Gasteiger partial charge < -0.3 is 9.97 Å². The zero-order chi connectivity index (χ0) is 13.5. The maximum absolute atomic E-state index is 3.54. The second-order valence-corrected chi connectivity index (χ2v) is 6.64. The number of aromatic nitrogens is 2. The lowest BCUT2D eigenvalue weighted by molar-refractivity contribution is 1.39. The molecule has 0 spiro atoms. The molecule has 4 heteroatoms. The summed E-state index contributed by atoms with van der Waals surface area (Å²) in [5.41, 5.74) is 2.34. The molecule has 98 valence electrons. The van der Waals surface area contributed by atoms with E-state index in [0.29, 0.717) is 0 Å². The van der Waals surface area contributed by atoms with Crippen molar-refractivity contribution in [3.8, 4) is 0 Å². The Morgan fingerprint density at radius 2 is 1.50 bits per heavy atom. The number of nitrogens with one attached hydrogen (secondary N) is 2. The second kappa shape index (κ2) is 4.72. The van der Waals surface area contributed by atoms with Crippen LogP contribution >= 0.6 is 27.7 Å². The van der Waals surface area contributed by atoms with Gasteiger partial charge in [0.05, 0.1) is 0 Å². The largest absolute Gasteiger partial charge is 0.360 e. The number of para-hydroxylation sites is 1. The third-order valence-corrected chi connectivity index (χ3v) is 4.99. The molecule has 0 aliphatic heterocycles. The molecule has 4 aromatic rings. The Bertz CT molecular complexity index is 907. The van der Waals surface area contributed by atoms with Crippen molar-refractivity contribution in [3.05, 3.63) is 59.3 Å². The van der Waals surface area contributed by atoms with Crippen LogP contribution in [-0.2, 0) is 0 Å². The van der Waals surface area contributed by atoms with E-state index in [-0.39, 0.29) is 0 Å². The van der Waals surface area contributed by atoms with Gasteiger partial charge in [-0.1, -0.05) is 45.9 Å². The first-order valence-electron chi connectivity index (χ1n) is 6.32. The molecular weight excluding hydrogens is 332 g/mol. The number of H-pyrrole nitrogens is 2. The Balaban J connectivity index is 1.82. The van der Waals surface area contributed by atoms with Gasteiger partial charge in [-0.05, 0) is 24.3 Å². The molecule has 20 heavy (non-hydrogen) atoms. The Labute approximate surface area is 128 Å². The highest BCUT2D eigenvalue weighted by atomic mass is 79.9. The summed E-state index contributed by atoms with van der Waals surface area (Å²) in [5.74, 6) is 0. The molecular formula is C16H11BrN2S. The third-order valence-electron chi connectivity index (χ3n) is 3.38. The Morgan fingerprint density at radius 3 is 2.35 bits per heavy atom. The molecule has 2 nitrogen and oxygen atoms in total. The first kappa shape index (κ1) is 12.1. The monoisotopic (exact) mass is 342 g/mol. The SMILES string of the molecule is Brc1ccc2[nH]cc(Sc3c[nH]c4ccccc34)c2c1. The number of rotatable bonds is 2. The number of benzene rings is 2. The number of halogens is 1. The number of hydrogen-bond donors (Lipinski definition) is 2. The van der Waals surface area contributed by atoms with Crippen LogP contribution in [0.3, 0.4) is 0 Å². The van der Waals surface area contributed by atoms with Crippen LogP contribution in [0.25, 0.3) is 21.8 Å². The molecule has 0 atom stereocenters. The van der Waals surface area contributed by atoms with E-state index >= 15 is 0 Å². The van der Waals surface area contributed by atoms with E-state index in [1.54, 1.807) is 11.8 Å². The van der Waals surface area contributed by atoms with Crippen molar-refractivity contribution < 1.29 is 0 Å². The minimum absolute atomic E-state index is 1.10. The van der Waals surface area contributed by atoms with Crippen molar-refractivity contribution in [2.75, 3.05) is 0 Å². The average molecular weight is 343 g/mol. The molecule has 0 saturated carbocycles. The van der Waals surface area contributed by atoms with Crippen LogP contribution in [0, 0.1) is 0 Å². The number of aromatic amines is 2. The first-order chi connectivity index (χ1) is 9.81. The molecule has 2 heterocycles. The smallest absolute Gasteiger partial charge is 0.0466 e. The van der Waals surface area contributed by atoms with Crippen LogP contribution in [0.5, 0.6) is 0 Å². The minimum atomic E-state index is 1.10. The van der Waals surface area contributed by atoms with Crippen LogP contribution in [0.15, 0.2) is 69.1 Å². The van der Waals surface area contributed by atoms with Gasteiger partial charge in [-0.25, -0.2) is 0 Å². The maximum Gasteiger partial charge on any atom is 0.0466 e. The first-order valence-corrected chi connectivity index (χ1v) is 7.93. The Kier molecular flexibility index (Phi) is 2.86. The molecule has 2 N–H and O–H groups in total. The van der Waals surface area contributed by atoms with E-state index in [0.717, 1.165) is 9.99 Å². The lowest BCUT2D eigenvalue weighted by Crippen LogP contribution is -1.71. The summed E-state index contributed by atoms with van der Waals surface area (Å²) < 4.78 is 1.10. The van der Waals surface area contributed by atoms with Crippen LogP contribution in [-0.4, -0.2) is 9.97 Å². The molecule has 0 fully saturated rings. The number of hydrogen-bond acceptors (Lipinski definition) is 1. The topological polar surface area (TPSA) is 31.6 Å². The van der Waals surface area contributed by atoms with Crippen molar-refractivity contribution in [2.45, 2.75) is 9.79 Å². The second-order valence-electron chi connectivity index (χ2n) is 4.64. The van der Waals surface area contributed by atoms with Crippen molar-refractivity contribution >= 4 is 49.5 Å². The predicted molar refractivity (Wildman–Crippen MR) is 88.4 cm³/mol. The highest BCUT2D eigenvalue weighted by Crippen LogP contribution is 2.37. The predicted octanol–water partition coefficient (Wildman–Crippen LogP) is 5.56. The highest BCUT2D eigenvalue weighted by molar-refractivity contribution is 9.10. The summed E-state index contributed by atoms with van der Waals surface area (Å²) in [4.78, 5) is 9.14. The molecule has 2 aromatic heterocycles. The van der Waals surface area contributed by atoms with Gasteiger partial charge in [-0.15, -0.1) is 0 Å². The Hall–Kier alpha value is -1.65. The van der Waals surface area contributed by atoms with Gasteiger partial charge in [0, 0.05) is 48.5 Å². The van der Waals surface area contributed by atoms with Crippen molar-refractivity contribution in [2.24, 2.45) is 0 Å². The molecule has 0 amide bonds. The van der Waals surface area contributed by atoms with Gasteiger partial charge in [0.2, 0.25) is 0 Å². The van der Waals surface area contributed by atoms with Crippen LogP contribution in [0.4, 0.5) is 0 Å². The summed E-state index contributed by atoms with van der Waals surface area (Å²) in [6.07, 6.45) is 4.15. The molecule has 0 unspecified atom stereocenters. The van der Waals surface area contributed by atoms with Crippen LogP contribution in [0.2, 0.25) is 0 Å². The van der Waals surface area contributed by atoms with E-state index in [2.05, 4.69) is 80.8 Å². The van der Waals surface area contributed by atoms with E-state index in [9.17, 15) is 0 Å². The number of fused-ring (bicyclic) bond motifs is 2. The van der Waals surface area contributed by atoms with Gasteiger partial charge >= 0.3 is 0 Å². The summed E-state index contributed by atoms with van der Waals surface area (Å²) in [5, 5.41) is 2.51. The molecule has 0 bridgehead atoms. The van der Waals surface area contributed by atoms with E-state index < -0.39 is 0 Å². The lowest BCUT2D eigenvalue weighted by Gasteiger charge is -1.99. The quantitative estimate of drug-likeness (QED) is 0.490. The molecule has 2 aromatic carbocycles. The molecule has 0 aliphatic rings. The van der Waals surface area contributed by atoms with Gasteiger partial charge in [0.25, 0.3) is 0 Å². The van der Waals surface area contributed by atoms with Crippen molar-refractivity contribution in [1.82, 2.24) is 9.97 Å². The van der Waals surface area contributed by atoms with Crippen molar-refractivity contribution in [3.63, 3.8) is 0 Å². The zero-order valence-electron chi connectivity index (χ0n) is 10.5. The fourth-order valence-electron chi connectivity index (χ4n) is 2.40. The van der Waals surface area contributed by atoms with Gasteiger partial charge in [0.1, 0.15) is 0 Å². The molecule has 0 aliphatic carbocycles. The zero-order valence-corrected chi connectivity index (χ0v) is 12.9. The average Bonchev–Trinajstić information content (AvgIpc) is 3.05. The normalized spacial score (nSPS) is 11.4. The molecule has 0 radical (unpaired) electrons. The molecule has 4 rings (SSSR count). The van der Waals surface area contributed by atoms with Gasteiger partial charge in [-0.2, -0.15) is 0 Å². The summed E-state index contributed by atoms with van der Waals surface area (Å²) in [6.45, 7) is 0. The van der Waals surface area contributed by atoms with Crippen LogP contribution in [0.1, 0.15) is 0 Å². The van der Waals surface area contributed by atoms with E-state index in [1.165, 1.54) is 26.1 Å². The van der Waals surface area contributed by atoms with Crippen LogP contribution < -0.4 is 0 Å². The van der Waals surface area contributed by atoms with E-state index in [4.69, 9.17) is 0 Å². The standard InChI is InChI=1S/C16H11BrN2S/c17-10-5-6-14-12(7-10)16(9-19-14)20-15-8-18-13-4-2-1-3-11(13)15/h1-9,18-19H. The fraction of sp³-hybridized carbons (Fsp3) is 0. The molecule has 0 saturated heterocycles. The Morgan fingerprint density at radius 1 is 0.800 bits per heavy atom. The highest BCUT2D eigenvalue weighted by Gasteiger charge is 2.09. The lowest BCUT2D eigenvalue weighted by atomic mass is 10.2. The third kappa shape index (κ3) is 1.96. The fourth-order valence-corrected chi connectivity index (χ4v) is 3.80. The van der Waals surface area contributed by atoms with Crippen molar-refractivity contribution in [1.29, 1.82) is 0 Å². The van der Waals surface area contributed by atoms with E-state index in [1.807, 2.05) is 0 Å².